The molecule has 2 aromatic carbocycles. The van der Waals surface area contributed by atoms with Gasteiger partial charge in [0.2, 0.25) is 17.7 Å². The Balaban J connectivity index is 1.43. The molecule has 0 N–H and O–H groups in total. The number of esters is 1. The van der Waals surface area contributed by atoms with Crippen LogP contribution < -0.4 is 14.5 Å². The van der Waals surface area contributed by atoms with Crippen LogP contribution >= 0.6 is 0 Å². The molecule has 0 bridgehead atoms. The standard InChI is InChI=1S/C23H22N2O5/c1-14-3-4-15(2)19(11-14)24-13-16(12-22(24)28)23(29)30-18-7-5-17(6-8-18)25-20(26)9-10-21(25)27/h3-8,11,16H,9-10,12-13H2,1-2H3/t16-/m0/s1. The van der Waals surface area contributed by atoms with E-state index in [1.165, 1.54) is 0 Å². The van der Waals surface area contributed by atoms with Gasteiger partial charge < -0.3 is 9.64 Å². The van der Waals surface area contributed by atoms with Crippen molar-refractivity contribution in [3.8, 4) is 5.75 Å². The fraction of sp³-hybridized carbons (Fsp3) is 0.304. The zero-order valence-electron chi connectivity index (χ0n) is 16.9. The van der Waals surface area contributed by atoms with Crippen molar-refractivity contribution in [3.05, 3.63) is 53.6 Å². The van der Waals surface area contributed by atoms with Gasteiger partial charge in [0.15, 0.2) is 0 Å². The van der Waals surface area contributed by atoms with Crippen LogP contribution in [0.5, 0.6) is 5.75 Å². The summed E-state index contributed by atoms with van der Waals surface area (Å²) < 4.78 is 5.45. The molecule has 0 aliphatic carbocycles. The molecule has 3 amide bonds. The van der Waals surface area contributed by atoms with Crippen LogP contribution in [0.15, 0.2) is 42.5 Å². The number of nitrogens with zero attached hydrogens (tertiary/aromatic N) is 2. The Labute approximate surface area is 174 Å². The van der Waals surface area contributed by atoms with Gasteiger partial charge in [0.1, 0.15) is 5.75 Å². The summed E-state index contributed by atoms with van der Waals surface area (Å²) in [6, 6.07) is 12.1. The quantitative estimate of drug-likeness (QED) is 0.443. The normalized spacial score (nSPS) is 19.0. The minimum Gasteiger partial charge on any atom is -0.426 e. The summed E-state index contributed by atoms with van der Waals surface area (Å²) in [5.74, 6) is -1.30. The average molecular weight is 406 g/mol. The predicted octanol–water partition coefficient (Wildman–Crippen LogP) is 2.92. The van der Waals surface area contributed by atoms with Gasteiger partial charge in [-0.15, -0.1) is 0 Å². The molecule has 0 saturated carbocycles. The summed E-state index contributed by atoms with van der Waals surface area (Å²) >= 11 is 0. The zero-order chi connectivity index (χ0) is 21.4. The number of hydrogen-bond acceptors (Lipinski definition) is 5. The van der Waals surface area contributed by atoms with E-state index in [-0.39, 0.29) is 43.5 Å². The van der Waals surface area contributed by atoms with E-state index in [1.54, 1.807) is 29.2 Å². The van der Waals surface area contributed by atoms with Crippen molar-refractivity contribution >= 4 is 35.1 Å². The second kappa shape index (κ2) is 7.74. The van der Waals surface area contributed by atoms with Crippen LogP contribution in [0, 0.1) is 19.8 Å². The highest BCUT2D eigenvalue weighted by molar-refractivity contribution is 6.19. The van der Waals surface area contributed by atoms with E-state index in [1.807, 2.05) is 32.0 Å². The number of anilines is 2. The Morgan fingerprint density at radius 1 is 0.933 bits per heavy atom. The number of aryl methyl sites for hydroxylation is 2. The lowest BCUT2D eigenvalue weighted by atomic mass is 10.1. The number of carbonyl (C=O) groups is 4. The van der Waals surface area contributed by atoms with E-state index in [0.29, 0.717) is 11.4 Å². The van der Waals surface area contributed by atoms with E-state index >= 15 is 0 Å². The second-order valence-electron chi connectivity index (χ2n) is 7.73. The molecule has 7 heteroatoms. The Hall–Kier alpha value is -3.48. The summed E-state index contributed by atoms with van der Waals surface area (Å²) in [5, 5.41) is 0. The first-order chi connectivity index (χ1) is 14.3. The van der Waals surface area contributed by atoms with Crippen molar-refractivity contribution in [1.82, 2.24) is 0 Å². The highest BCUT2D eigenvalue weighted by Crippen LogP contribution is 2.30. The van der Waals surface area contributed by atoms with Gasteiger partial charge in [-0.05, 0) is 55.3 Å². The maximum absolute atomic E-state index is 12.6. The second-order valence-corrected chi connectivity index (χ2v) is 7.73. The van der Waals surface area contributed by atoms with Gasteiger partial charge in [-0.1, -0.05) is 12.1 Å². The van der Waals surface area contributed by atoms with Gasteiger partial charge in [-0.25, -0.2) is 0 Å². The van der Waals surface area contributed by atoms with Crippen molar-refractivity contribution in [3.63, 3.8) is 0 Å². The molecular formula is C23H22N2O5. The number of rotatable bonds is 4. The Kier molecular flexibility index (Phi) is 5.11. The molecule has 0 spiro atoms. The molecule has 2 fully saturated rings. The molecular weight excluding hydrogens is 384 g/mol. The van der Waals surface area contributed by atoms with Crippen molar-refractivity contribution in [2.75, 3.05) is 16.3 Å². The van der Waals surface area contributed by atoms with Crippen molar-refractivity contribution in [2.45, 2.75) is 33.1 Å². The fourth-order valence-corrected chi connectivity index (χ4v) is 3.84. The van der Waals surface area contributed by atoms with Gasteiger partial charge in [0, 0.05) is 31.5 Å². The topological polar surface area (TPSA) is 84.0 Å². The van der Waals surface area contributed by atoms with Crippen LogP contribution in [0.1, 0.15) is 30.4 Å². The Bertz CT molecular complexity index is 1030. The van der Waals surface area contributed by atoms with Crippen LogP contribution in [-0.2, 0) is 19.2 Å². The summed E-state index contributed by atoms with van der Waals surface area (Å²) in [5.41, 5.74) is 3.30. The first-order valence-electron chi connectivity index (χ1n) is 9.88. The van der Waals surface area contributed by atoms with Crippen molar-refractivity contribution < 1.29 is 23.9 Å². The lowest BCUT2D eigenvalue weighted by molar-refractivity contribution is -0.139. The lowest BCUT2D eigenvalue weighted by Gasteiger charge is -2.19. The number of carbonyl (C=O) groups excluding carboxylic acids is 4. The van der Waals surface area contributed by atoms with Gasteiger partial charge >= 0.3 is 5.97 Å². The predicted molar refractivity (Wildman–Crippen MR) is 110 cm³/mol. The third-order valence-corrected chi connectivity index (χ3v) is 5.48. The van der Waals surface area contributed by atoms with Crippen LogP contribution in [0.3, 0.4) is 0 Å². The lowest BCUT2D eigenvalue weighted by Crippen LogP contribution is -2.28. The Morgan fingerprint density at radius 3 is 2.27 bits per heavy atom. The molecule has 2 aliphatic rings. The minimum atomic E-state index is -0.557. The molecule has 7 nitrogen and oxygen atoms in total. The summed E-state index contributed by atoms with van der Waals surface area (Å²) in [7, 11) is 0. The zero-order valence-corrected chi connectivity index (χ0v) is 16.9. The third kappa shape index (κ3) is 3.70. The van der Waals surface area contributed by atoms with E-state index in [9.17, 15) is 19.2 Å². The first-order valence-corrected chi connectivity index (χ1v) is 9.88. The molecule has 1 atom stereocenters. The van der Waals surface area contributed by atoms with Gasteiger partial charge in [0.25, 0.3) is 0 Å². The molecule has 0 radical (unpaired) electrons. The largest absolute Gasteiger partial charge is 0.426 e. The SMILES string of the molecule is Cc1ccc(C)c(N2C[C@@H](C(=O)Oc3ccc(N4C(=O)CCC4=O)cc3)CC2=O)c1. The summed E-state index contributed by atoms with van der Waals surface area (Å²) in [6.07, 6.45) is 0.519. The van der Waals surface area contributed by atoms with Crippen LogP contribution in [0.25, 0.3) is 0 Å². The molecule has 4 rings (SSSR count). The molecule has 2 aromatic rings. The highest BCUT2D eigenvalue weighted by atomic mass is 16.5. The van der Waals surface area contributed by atoms with Gasteiger partial charge in [-0.3, -0.25) is 24.1 Å². The molecule has 2 aliphatic heterocycles. The number of amides is 3. The number of hydrogen-bond donors (Lipinski definition) is 0. The molecule has 2 saturated heterocycles. The van der Waals surface area contributed by atoms with E-state index in [4.69, 9.17) is 4.74 Å². The number of ether oxygens (including phenoxy) is 1. The van der Waals surface area contributed by atoms with E-state index in [2.05, 4.69) is 0 Å². The minimum absolute atomic E-state index is 0.0983. The monoisotopic (exact) mass is 406 g/mol. The number of imide groups is 1. The van der Waals surface area contributed by atoms with Gasteiger partial charge in [0.05, 0.1) is 11.6 Å². The number of benzene rings is 2. The average Bonchev–Trinajstić information content (AvgIpc) is 3.26. The van der Waals surface area contributed by atoms with Gasteiger partial charge in [-0.2, -0.15) is 0 Å². The maximum atomic E-state index is 12.6. The molecule has 0 unspecified atom stereocenters. The van der Waals surface area contributed by atoms with Crippen molar-refractivity contribution in [2.24, 2.45) is 5.92 Å². The van der Waals surface area contributed by atoms with Crippen LogP contribution in [0.4, 0.5) is 11.4 Å². The molecule has 154 valence electrons. The molecule has 0 aromatic heterocycles. The van der Waals surface area contributed by atoms with Crippen molar-refractivity contribution in [1.29, 1.82) is 0 Å². The van der Waals surface area contributed by atoms with E-state index < -0.39 is 11.9 Å². The maximum Gasteiger partial charge on any atom is 0.316 e. The summed E-state index contributed by atoms with van der Waals surface area (Å²) in [6.45, 7) is 4.17. The van der Waals surface area contributed by atoms with Crippen LogP contribution in [-0.4, -0.2) is 30.2 Å². The third-order valence-electron chi connectivity index (χ3n) is 5.48. The smallest absolute Gasteiger partial charge is 0.316 e. The molecule has 2 heterocycles. The fourth-order valence-electron chi connectivity index (χ4n) is 3.84. The molecule has 30 heavy (non-hydrogen) atoms. The van der Waals surface area contributed by atoms with E-state index in [0.717, 1.165) is 21.7 Å². The Morgan fingerprint density at radius 2 is 1.60 bits per heavy atom. The van der Waals surface area contributed by atoms with Crippen LogP contribution in [0.2, 0.25) is 0 Å². The highest BCUT2D eigenvalue weighted by Gasteiger charge is 2.37. The summed E-state index contributed by atoms with van der Waals surface area (Å²) in [4.78, 5) is 51.6. The first kappa shape index (κ1) is 19.8.